The number of hydrogen-bond donors (Lipinski definition) is 0. The van der Waals surface area contributed by atoms with Crippen LogP contribution < -0.4 is 4.90 Å². The molecule has 1 aliphatic heterocycles. The molecule has 1 unspecified atom stereocenters. The van der Waals surface area contributed by atoms with Gasteiger partial charge < -0.3 is 9.64 Å². The molecular weight excluding hydrogens is 307 g/mol. The normalized spacial score (nSPS) is 19.5. The summed E-state index contributed by atoms with van der Waals surface area (Å²) in [5, 5.41) is 0.587. The molecule has 0 aromatic carbocycles. The van der Waals surface area contributed by atoms with Crippen molar-refractivity contribution in [2.24, 2.45) is 5.92 Å². The summed E-state index contributed by atoms with van der Waals surface area (Å²) in [6, 6.07) is 1.80. The standard InChI is InChI=1S/C11H12BrClN2O2/c1-17-11(16)7-2-3-15(6-7)10-9(12)4-8(13)5-14-10/h4-5,7H,2-3,6H2,1H3. The fourth-order valence-corrected chi connectivity index (χ4v) is 2.84. The van der Waals surface area contributed by atoms with E-state index in [0.717, 1.165) is 23.3 Å². The van der Waals surface area contributed by atoms with E-state index < -0.39 is 0 Å². The number of nitrogens with zero attached hydrogens (tertiary/aromatic N) is 2. The minimum Gasteiger partial charge on any atom is -0.469 e. The van der Waals surface area contributed by atoms with Crippen LogP contribution in [0.5, 0.6) is 0 Å². The van der Waals surface area contributed by atoms with Crippen molar-refractivity contribution in [3.8, 4) is 0 Å². The predicted molar refractivity (Wildman–Crippen MR) is 69.3 cm³/mol. The number of ether oxygens (including phenoxy) is 1. The number of halogens is 2. The van der Waals surface area contributed by atoms with Gasteiger partial charge in [-0.25, -0.2) is 4.98 Å². The molecular formula is C11H12BrClN2O2. The lowest BCUT2D eigenvalue weighted by Crippen LogP contribution is -2.24. The van der Waals surface area contributed by atoms with Crippen molar-refractivity contribution in [1.29, 1.82) is 0 Å². The van der Waals surface area contributed by atoms with E-state index in [1.807, 2.05) is 0 Å². The van der Waals surface area contributed by atoms with Crippen molar-refractivity contribution in [2.75, 3.05) is 25.1 Å². The molecule has 0 spiro atoms. The lowest BCUT2D eigenvalue weighted by Gasteiger charge is -2.18. The summed E-state index contributed by atoms with van der Waals surface area (Å²) in [6.07, 6.45) is 2.40. The Morgan fingerprint density at radius 3 is 3.12 bits per heavy atom. The predicted octanol–water partition coefficient (Wildman–Crippen LogP) is 2.50. The molecule has 1 aromatic rings. The number of anilines is 1. The molecule has 0 aliphatic carbocycles. The third-order valence-electron chi connectivity index (χ3n) is 2.81. The van der Waals surface area contributed by atoms with Gasteiger partial charge in [0.2, 0.25) is 0 Å². The molecule has 17 heavy (non-hydrogen) atoms. The van der Waals surface area contributed by atoms with Crippen molar-refractivity contribution in [1.82, 2.24) is 4.98 Å². The number of carbonyl (C=O) groups is 1. The van der Waals surface area contributed by atoms with Crippen LogP contribution in [0.15, 0.2) is 16.7 Å². The maximum Gasteiger partial charge on any atom is 0.310 e. The average molecular weight is 320 g/mol. The molecule has 6 heteroatoms. The SMILES string of the molecule is COC(=O)C1CCN(c2ncc(Cl)cc2Br)C1. The van der Waals surface area contributed by atoms with Crippen LogP contribution in [0, 0.1) is 5.92 Å². The second-order valence-electron chi connectivity index (χ2n) is 3.91. The Bertz CT molecular complexity index is 441. The number of aromatic nitrogens is 1. The lowest BCUT2D eigenvalue weighted by atomic mass is 10.1. The van der Waals surface area contributed by atoms with Crippen LogP contribution in [-0.4, -0.2) is 31.2 Å². The van der Waals surface area contributed by atoms with Crippen molar-refractivity contribution in [3.05, 3.63) is 21.8 Å². The molecule has 2 heterocycles. The zero-order valence-electron chi connectivity index (χ0n) is 9.32. The van der Waals surface area contributed by atoms with Gasteiger partial charge in [0.05, 0.1) is 22.5 Å². The number of hydrogen-bond acceptors (Lipinski definition) is 4. The van der Waals surface area contributed by atoms with E-state index in [-0.39, 0.29) is 11.9 Å². The Morgan fingerprint density at radius 1 is 1.71 bits per heavy atom. The van der Waals surface area contributed by atoms with Crippen molar-refractivity contribution < 1.29 is 9.53 Å². The Kier molecular flexibility index (Phi) is 3.89. The second kappa shape index (κ2) is 5.23. The molecule has 4 nitrogen and oxygen atoms in total. The molecule has 0 amide bonds. The molecule has 1 aromatic heterocycles. The van der Waals surface area contributed by atoms with Crippen LogP contribution in [0.1, 0.15) is 6.42 Å². The fraction of sp³-hybridized carbons (Fsp3) is 0.455. The van der Waals surface area contributed by atoms with E-state index in [2.05, 4.69) is 25.8 Å². The highest BCUT2D eigenvalue weighted by Gasteiger charge is 2.30. The highest BCUT2D eigenvalue weighted by atomic mass is 79.9. The van der Waals surface area contributed by atoms with E-state index in [4.69, 9.17) is 16.3 Å². The summed E-state index contributed by atoms with van der Waals surface area (Å²) >= 11 is 9.27. The lowest BCUT2D eigenvalue weighted by molar-refractivity contribution is -0.144. The van der Waals surface area contributed by atoms with Crippen LogP contribution in [0.25, 0.3) is 0 Å². The smallest absolute Gasteiger partial charge is 0.310 e. The first-order valence-electron chi connectivity index (χ1n) is 5.25. The molecule has 0 bridgehead atoms. The van der Waals surface area contributed by atoms with E-state index >= 15 is 0 Å². The van der Waals surface area contributed by atoms with Gasteiger partial charge in [-0.1, -0.05) is 11.6 Å². The summed E-state index contributed by atoms with van der Waals surface area (Å²) < 4.78 is 5.59. The second-order valence-corrected chi connectivity index (χ2v) is 5.20. The highest BCUT2D eigenvalue weighted by molar-refractivity contribution is 9.10. The zero-order valence-corrected chi connectivity index (χ0v) is 11.7. The molecule has 0 N–H and O–H groups in total. The van der Waals surface area contributed by atoms with E-state index in [1.165, 1.54) is 7.11 Å². The van der Waals surface area contributed by atoms with Crippen LogP contribution in [-0.2, 0) is 9.53 Å². The van der Waals surface area contributed by atoms with Gasteiger partial charge in [-0.3, -0.25) is 4.79 Å². The van der Waals surface area contributed by atoms with Gasteiger partial charge in [-0.2, -0.15) is 0 Å². The quantitative estimate of drug-likeness (QED) is 0.786. The van der Waals surface area contributed by atoms with Crippen LogP contribution in [0.4, 0.5) is 5.82 Å². The largest absolute Gasteiger partial charge is 0.469 e. The van der Waals surface area contributed by atoms with Gasteiger partial charge in [-0.05, 0) is 28.4 Å². The van der Waals surface area contributed by atoms with Crippen LogP contribution >= 0.6 is 27.5 Å². The maximum atomic E-state index is 11.4. The first kappa shape index (κ1) is 12.6. The molecule has 1 fully saturated rings. The van der Waals surface area contributed by atoms with Gasteiger partial charge in [0.15, 0.2) is 0 Å². The fourth-order valence-electron chi connectivity index (χ4n) is 1.95. The Balaban J connectivity index is 2.12. The third kappa shape index (κ3) is 2.72. The Morgan fingerprint density at radius 2 is 2.47 bits per heavy atom. The molecule has 92 valence electrons. The first-order chi connectivity index (χ1) is 8.11. The molecule has 1 atom stereocenters. The number of esters is 1. The minimum absolute atomic E-state index is 0.0654. The van der Waals surface area contributed by atoms with Gasteiger partial charge >= 0.3 is 5.97 Å². The monoisotopic (exact) mass is 318 g/mol. The van der Waals surface area contributed by atoms with Gasteiger partial charge in [-0.15, -0.1) is 0 Å². The Labute approximate surface area is 113 Å². The summed E-state index contributed by atoms with van der Waals surface area (Å²) in [4.78, 5) is 17.8. The summed E-state index contributed by atoms with van der Waals surface area (Å²) in [7, 11) is 1.42. The summed E-state index contributed by atoms with van der Waals surface area (Å²) in [5.41, 5.74) is 0. The topological polar surface area (TPSA) is 42.4 Å². The van der Waals surface area contributed by atoms with Crippen molar-refractivity contribution in [2.45, 2.75) is 6.42 Å². The number of pyridine rings is 1. The Hall–Kier alpha value is -0.810. The maximum absolute atomic E-state index is 11.4. The molecule has 2 rings (SSSR count). The van der Waals surface area contributed by atoms with Gasteiger partial charge in [0.25, 0.3) is 0 Å². The number of carbonyl (C=O) groups excluding carboxylic acids is 1. The summed E-state index contributed by atoms with van der Waals surface area (Å²) in [5.74, 6) is 0.600. The average Bonchev–Trinajstić information content (AvgIpc) is 2.77. The molecule has 0 saturated carbocycles. The van der Waals surface area contributed by atoms with E-state index in [1.54, 1.807) is 12.3 Å². The highest BCUT2D eigenvalue weighted by Crippen LogP contribution is 2.30. The third-order valence-corrected chi connectivity index (χ3v) is 3.60. The van der Waals surface area contributed by atoms with E-state index in [0.29, 0.717) is 11.6 Å². The van der Waals surface area contributed by atoms with E-state index in [9.17, 15) is 4.79 Å². The zero-order chi connectivity index (χ0) is 12.4. The van der Waals surface area contributed by atoms with Gasteiger partial charge in [0.1, 0.15) is 5.82 Å². The number of methoxy groups -OCH3 is 1. The molecule has 0 radical (unpaired) electrons. The van der Waals surface area contributed by atoms with Crippen molar-refractivity contribution in [3.63, 3.8) is 0 Å². The molecule has 1 aliphatic rings. The number of rotatable bonds is 2. The van der Waals surface area contributed by atoms with Gasteiger partial charge in [0, 0.05) is 19.3 Å². The summed E-state index contributed by atoms with van der Waals surface area (Å²) in [6.45, 7) is 1.44. The minimum atomic E-state index is -0.155. The van der Waals surface area contributed by atoms with Crippen molar-refractivity contribution >= 4 is 39.3 Å². The van der Waals surface area contributed by atoms with Crippen LogP contribution in [0.2, 0.25) is 5.02 Å². The molecule has 1 saturated heterocycles. The van der Waals surface area contributed by atoms with Crippen LogP contribution in [0.3, 0.4) is 0 Å². The first-order valence-corrected chi connectivity index (χ1v) is 6.42.